The average Bonchev–Trinajstić information content (AvgIpc) is 3.18. The van der Waals surface area contributed by atoms with Crippen molar-refractivity contribution in [2.24, 2.45) is 0 Å². The molecule has 2 rings (SSSR count). The Morgan fingerprint density at radius 3 is 2.77 bits per heavy atom. The molecule has 0 bridgehead atoms. The van der Waals surface area contributed by atoms with E-state index in [1.54, 1.807) is 22.3 Å². The summed E-state index contributed by atoms with van der Waals surface area (Å²) in [5, 5.41) is 18.6. The van der Waals surface area contributed by atoms with Gasteiger partial charge in [-0.2, -0.15) is 5.10 Å². The van der Waals surface area contributed by atoms with Gasteiger partial charge in [0.1, 0.15) is 5.69 Å². The molecule has 2 N–H and O–H groups in total. The Labute approximate surface area is 135 Å². The van der Waals surface area contributed by atoms with Crippen molar-refractivity contribution in [3.05, 3.63) is 39.8 Å². The van der Waals surface area contributed by atoms with Crippen LogP contribution in [0.1, 0.15) is 54.2 Å². The number of aliphatic hydroxyl groups excluding tert-OH is 1. The van der Waals surface area contributed by atoms with Gasteiger partial charge >= 0.3 is 0 Å². The van der Waals surface area contributed by atoms with Gasteiger partial charge in [-0.3, -0.25) is 9.89 Å². The summed E-state index contributed by atoms with van der Waals surface area (Å²) in [6.45, 7) is 6.52. The number of H-pyrrole nitrogens is 1. The maximum Gasteiger partial charge on any atom is 0.275 e. The summed E-state index contributed by atoms with van der Waals surface area (Å²) in [5.74, 6) is 0.150. The molecule has 5 nitrogen and oxygen atoms in total. The van der Waals surface area contributed by atoms with Crippen molar-refractivity contribution in [1.29, 1.82) is 0 Å². The third-order valence-electron chi connectivity index (χ3n) is 3.73. The van der Waals surface area contributed by atoms with E-state index in [2.05, 4.69) is 10.2 Å². The molecule has 2 aromatic rings. The fourth-order valence-corrected chi connectivity index (χ4v) is 2.98. The SMILES string of the molecule is CCC(CO)N(Cc1cccs1)C(=O)c1cc(C(C)C)[nH]n1. The van der Waals surface area contributed by atoms with E-state index in [-0.39, 0.29) is 18.6 Å². The number of carbonyl (C=O) groups excluding carboxylic acids is 1. The molecule has 1 atom stereocenters. The molecular formula is C16H23N3O2S. The maximum atomic E-state index is 12.8. The molecule has 22 heavy (non-hydrogen) atoms. The van der Waals surface area contributed by atoms with E-state index in [0.717, 1.165) is 10.6 Å². The summed E-state index contributed by atoms with van der Waals surface area (Å²) in [6, 6.07) is 5.57. The van der Waals surface area contributed by atoms with E-state index in [9.17, 15) is 9.90 Å². The average molecular weight is 321 g/mol. The van der Waals surface area contributed by atoms with Crippen LogP contribution in [0.4, 0.5) is 0 Å². The van der Waals surface area contributed by atoms with Crippen molar-refractivity contribution in [1.82, 2.24) is 15.1 Å². The van der Waals surface area contributed by atoms with Gasteiger partial charge in [0.25, 0.3) is 5.91 Å². The van der Waals surface area contributed by atoms with E-state index in [1.807, 2.05) is 38.3 Å². The van der Waals surface area contributed by atoms with E-state index in [0.29, 0.717) is 24.6 Å². The number of thiophene rings is 1. The highest BCUT2D eigenvalue weighted by Gasteiger charge is 2.25. The third-order valence-corrected chi connectivity index (χ3v) is 4.59. The zero-order valence-electron chi connectivity index (χ0n) is 13.2. The number of aromatic amines is 1. The molecule has 0 radical (unpaired) electrons. The van der Waals surface area contributed by atoms with E-state index in [1.165, 1.54) is 0 Å². The summed E-state index contributed by atoms with van der Waals surface area (Å²) in [6.07, 6.45) is 0.703. The van der Waals surface area contributed by atoms with Crippen LogP contribution >= 0.6 is 11.3 Å². The summed E-state index contributed by atoms with van der Waals surface area (Å²) in [5.41, 5.74) is 1.35. The Hall–Kier alpha value is -1.66. The Kier molecular flexibility index (Phi) is 5.74. The van der Waals surface area contributed by atoms with E-state index < -0.39 is 0 Å². The monoisotopic (exact) mass is 321 g/mol. The molecule has 2 heterocycles. The third kappa shape index (κ3) is 3.75. The van der Waals surface area contributed by atoms with Gasteiger partial charge in [0.2, 0.25) is 0 Å². The molecule has 0 spiro atoms. The van der Waals surface area contributed by atoms with Crippen molar-refractivity contribution in [2.45, 2.75) is 45.7 Å². The van der Waals surface area contributed by atoms with Gasteiger partial charge in [-0.15, -0.1) is 11.3 Å². The van der Waals surface area contributed by atoms with E-state index in [4.69, 9.17) is 0 Å². The minimum atomic E-state index is -0.200. The summed E-state index contributed by atoms with van der Waals surface area (Å²) in [4.78, 5) is 15.6. The number of rotatable bonds is 7. The van der Waals surface area contributed by atoms with Crippen LogP contribution in [0.5, 0.6) is 0 Å². The summed E-state index contributed by atoms with van der Waals surface area (Å²) < 4.78 is 0. The van der Waals surface area contributed by atoms with Crippen molar-refractivity contribution in [3.63, 3.8) is 0 Å². The minimum Gasteiger partial charge on any atom is -0.394 e. The predicted octanol–water partition coefficient (Wildman–Crippen LogP) is 3.01. The van der Waals surface area contributed by atoms with Crippen molar-refractivity contribution >= 4 is 17.2 Å². The highest BCUT2D eigenvalue weighted by atomic mass is 32.1. The largest absolute Gasteiger partial charge is 0.394 e. The van der Waals surface area contributed by atoms with Crippen LogP contribution in [-0.2, 0) is 6.54 Å². The quantitative estimate of drug-likeness (QED) is 0.823. The Bertz CT molecular complexity index is 588. The van der Waals surface area contributed by atoms with Gasteiger partial charge in [-0.05, 0) is 29.9 Å². The predicted molar refractivity (Wildman–Crippen MR) is 88.0 cm³/mol. The first-order valence-electron chi connectivity index (χ1n) is 7.56. The number of hydrogen-bond acceptors (Lipinski definition) is 4. The molecule has 0 fully saturated rings. The van der Waals surface area contributed by atoms with Crippen molar-refractivity contribution in [2.75, 3.05) is 6.61 Å². The Morgan fingerprint density at radius 1 is 1.50 bits per heavy atom. The number of aliphatic hydroxyl groups is 1. The number of hydrogen-bond donors (Lipinski definition) is 2. The number of nitrogens with one attached hydrogen (secondary N) is 1. The van der Waals surface area contributed by atoms with Gasteiger partial charge < -0.3 is 10.0 Å². The van der Waals surface area contributed by atoms with Crippen LogP contribution < -0.4 is 0 Å². The van der Waals surface area contributed by atoms with Gasteiger partial charge in [-0.1, -0.05) is 26.8 Å². The first kappa shape index (κ1) is 16.7. The summed E-state index contributed by atoms with van der Waals surface area (Å²) >= 11 is 1.61. The molecule has 0 aliphatic carbocycles. The van der Waals surface area contributed by atoms with Crippen molar-refractivity contribution in [3.8, 4) is 0 Å². The molecule has 6 heteroatoms. The first-order valence-corrected chi connectivity index (χ1v) is 8.44. The Balaban J connectivity index is 2.24. The van der Waals surface area contributed by atoms with Crippen LogP contribution in [0.2, 0.25) is 0 Å². The molecule has 1 amide bonds. The molecule has 0 saturated carbocycles. The van der Waals surface area contributed by atoms with Crippen LogP contribution in [0.25, 0.3) is 0 Å². The molecule has 0 aliphatic heterocycles. The molecule has 2 aromatic heterocycles. The molecule has 120 valence electrons. The highest BCUT2D eigenvalue weighted by molar-refractivity contribution is 7.09. The van der Waals surface area contributed by atoms with Crippen LogP contribution in [0.3, 0.4) is 0 Å². The van der Waals surface area contributed by atoms with Crippen LogP contribution in [-0.4, -0.2) is 38.8 Å². The molecule has 0 aromatic carbocycles. The fourth-order valence-electron chi connectivity index (χ4n) is 2.27. The van der Waals surface area contributed by atoms with Crippen LogP contribution in [0.15, 0.2) is 23.6 Å². The number of carbonyl (C=O) groups is 1. The molecule has 1 unspecified atom stereocenters. The normalized spacial score (nSPS) is 12.6. The second-order valence-corrected chi connectivity index (χ2v) is 6.65. The standard InChI is InChI=1S/C16H23N3O2S/c1-4-12(10-20)19(9-13-6-5-7-22-13)16(21)15-8-14(11(2)3)17-18-15/h5-8,11-12,20H,4,9-10H2,1-3H3,(H,17,18). The number of aromatic nitrogens is 2. The number of nitrogens with zero attached hydrogens (tertiary/aromatic N) is 2. The zero-order chi connectivity index (χ0) is 16.1. The first-order chi connectivity index (χ1) is 10.6. The van der Waals surface area contributed by atoms with E-state index >= 15 is 0 Å². The second-order valence-electron chi connectivity index (χ2n) is 5.62. The number of amides is 1. The molecule has 0 aliphatic rings. The van der Waals surface area contributed by atoms with Gasteiger partial charge in [-0.25, -0.2) is 0 Å². The Morgan fingerprint density at radius 2 is 2.27 bits per heavy atom. The second kappa shape index (κ2) is 7.56. The van der Waals surface area contributed by atoms with Gasteiger partial charge in [0.05, 0.1) is 19.2 Å². The zero-order valence-corrected chi connectivity index (χ0v) is 14.1. The highest BCUT2D eigenvalue weighted by Crippen LogP contribution is 2.19. The lowest BCUT2D eigenvalue weighted by Gasteiger charge is -2.29. The molecule has 0 saturated heterocycles. The van der Waals surface area contributed by atoms with Gasteiger partial charge in [0.15, 0.2) is 0 Å². The maximum absolute atomic E-state index is 12.8. The van der Waals surface area contributed by atoms with Crippen LogP contribution in [0, 0.1) is 0 Å². The lowest BCUT2D eigenvalue weighted by Crippen LogP contribution is -2.41. The van der Waals surface area contributed by atoms with Gasteiger partial charge in [0, 0.05) is 10.6 Å². The minimum absolute atomic E-state index is 0.0466. The topological polar surface area (TPSA) is 69.2 Å². The lowest BCUT2D eigenvalue weighted by molar-refractivity contribution is 0.0560. The lowest BCUT2D eigenvalue weighted by atomic mass is 10.1. The fraction of sp³-hybridized carbons (Fsp3) is 0.500. The van der Waals surface area contributed by atoms with Crippen molar-refractivity contribution < 1.29 is 9.90 Å². The molecular weight excluding hydrogens is 298 g/mol. The smallest absolute Gasteiger partial charge is 0.275 e. The summed E-state index contributed by atoms with van der Waals surface area (Å²) in [7, 11) is 0.